The number of carbonyl (C=O) groups is 2. The third-order valence-corrected chi connectivity index (χ3v) is 4.60. The number of rotatable bonds is 6. The van der Waals surface area contributed by atoms with Gasteiger partial charge >= 0.3 is 0 Å². The van der Waals surface area contributed by atoms with Gasteiger partial charge in [0.15, 0.2) is 17.8 Å². The van der Waals surface area contributed by atoms with Gasteiger partial charge in [0.1, 0.15) is 5.75 Å². The molecule has 0 spiro atoms. The fourth-order valence-electron chi connectivity index (χ4n) is 3.07. The average Bonchev–Trinajstić information content (AvgIpc) is 3.19. The molecule has 0 saturated carbocycles. The maximum atomic E-state index is 12.2. The van der Waals surface area contributed by atoms with E-state index in [1.165, 1.54) is 0 Å². The summed E-state index contributed by atoms with van der Waals surface area (Å²) in [5, 5.41) is 5.61. The Bertz CT molecular complexity index is 1030. The number of aryl methyl sites for hydroxylation is 1. The van der Waals surface area contributed by atoms with Crippen LogP contribution in [0.5, 0.6) is 5.75 Å². The predicted molar refractivity (Wildman–Crippen MR) is 109 cm³/mol. The Labute approximate surface area is 168 Å². The van der Waals surface area contributed by atoms with Crippen molar-refractivity contribution in [2.24, 2.45) is 0 Å². The van der Waals surface area contributed by atoms with E-state index < -0.39 is 6.10 Å². The molecule has 1 aliphatic rings. The summed E-state index contributed by atoms with van der Waals surface area (Å²) < 4.78 is 11.3. The summed E-state index contributed by atoms with van der Waals surface area (Å²) in [4.78, 5) is 28.2. The fraction of sp³-hybridized carbons (Fsp3) is 0.227. The molecular formula is C22H21N3O4. The van der Waals surface area contributed by atoms with Crippen molar-refractivity contribution in [3.8, 4) is 17.1 Å². The maximum absolute atomic E-state index is 12.2. The van der Waals surface area contributed by atoms with Gasteiger partial charge in [-0.1, -0.05) is 30.3 Å². The van der Waals surface area contributed by atoms with E-state index in [9.17, 15) is 9.59 Å². The lowest BCUT2D eigenvalue weighted by molar-refractivity contribution is -0.122. The quantitative estimate of drug-likeness (QED) is 0.662. The number of amides is 2. The zero-order valence-corrected chi connectivity index (χ0v) is 16.0. The highest BCUT2D eigenvalue weighted by Crippen LogP contribution is 2.32. The predicted octanol–water partition coefficient (Wildman–Crippen LogP) is 4.02. The van der Waals surface area contributed by atoms with Crippen molar-refractivity contribution in [1.82, 2.24) is 4.98 Å². The fourth-order valence-corrected chi connectivity index (χ4v) is 3.07. The van der Waals surface area contributed by atoms with Gasteiger partial charge in [-0.2, -0.15) is 0 Å². The Morgan fingerprint density at radius 1 is 1.21 bits per heavy atom. The number of ether oxygens (including phenoxy) is 1. The lowest BCUT2D eigenvalue weighted by Gasteiger charge is -2.23. The first kappa shape index (κ1) is 18.7. The first-order chi connectivity index (χ1) is 14.1. The second kappa shape index (κ2) is 8.18. The summed E-state index contributed by atoms with van der Waals surface area (Å²) in [5.41, 5.74) is 2.13. The van der Waals surface area contributed by atoms with Gasteiger partial charge in [0.05, 0.1) is 11.9 Å². The topological polar surface area (TPSA) is 93.5 Å². The minimum Gasteiger partial charge on any atom is -0.479 e. The first-order valence-electron chi connectivity index (χ1n) is 9.50. The van der Waals surface area contributed by atoms with E-state index in [0.29, 0.717) is 42.3 Å². The van der Waals surface area contributed by atoms with E-state index in [1.54, 1.807) is 31.3 Å². The highest BCUT2D eigenvalue weighted by atomic mass is 16.5. The molecule has 7 nitrogen and oxygen atoms in total. The Hall–Kier alpha value is -3.61. The molecule has 1 aromatic heterocycles. The number of hydrogen-bond donors (Lipinski definition) is 2. The van der Waals surface area contributed by atoms with E-state index >= 15 is 0 Å². The zero-order chi connectivity index (χ0) is 20.2. The smallest absolute Gasteiger partial charge is 0.265 e. The second-order valence-electron chi connectivity index (χ2n) is 6.85. The molecule has 1 aliphatic heterocycles. The first-order valence-corrected chi connectivity index (χ1v) is 9.50. The molecule has 29 heavy (non-hydrogen) atoms. The molecule has 2 N–H and O–H groups in total. The van der Waals surface area contributed by atoms with E-state index in [0.717, 1.165) is 11.3 Å². The molecule has 0 bridgehead atoms. The van der Waals surface area contributed by atoms with Crippen molar-refractivity contribution in [2.75, 3.05) is 10.6 Å². The molecule has 4 rings (SSSR count). The summed E-state index contributed by atoms with van der Waals surface area (Å²) in [6.45, 7) is 1.69. The monoisotopic (exact) mass is 391 g/mol. The Morgan fingerprint density at radius 2 is 2.03 bits per heavy atom. The molecule has 7 heteroatoms. The van der Waals surface area contributed by atoms with Crippen LogP contribution < -0.4 is 15.4 Å². The van der Waals surface area contributed by atoms with Crippen molar-refractivity contribution in [3.63, 3.8) is 0 Å². The molecule has 1 unspecified atom stereocenters. The van der Waals surface area contributed by atoms with Crippen LogP contribution in [0.15, 0.2) is 59.1 Å². The van der Waals surface area contributed by atoms with Crippen LogP contribution in [0.4, 0.5) is 11.4 Å². The second-order valence-corrected chi connectivity index (χ2v) is 6.85. The Morgan fingerprint density at radius 3 is 2.86 bits per heavy atom. The van der Waals surface area contributed by atoms with Crippen LogP contribution in [0.2, 0.25) is 0 Å². The number of oxazole rings is 1. The number of hydrogen-bond acceptors (Lipinski definition) is 5. The van der Waals surface area contributed by atoms with Gasteiger partial charge in [-0.05, 0) is 31.5 Å². The lowest BCUT2D eigenvalue weighted by Crippen LogP contribution is -2.34. The minimum atomic E-state index is -0.527. The molecule has 0 aliphatic carbocycles. The number of anilines is 2. The molecule has 1 atom stereocenters. The SMILES string of the molecule is CC1Oc2ccc(NC(=O)CCCc3ncc(-c4ccccc4)o3)cc2NC1=O. The average molecular weight is 391 g/mol. The standard InChI is InChI=1S/C22H21N3O4/c1-14-22(27)25-17-12-16(10-11-18(17)28-14)24-20(26)8-5-9-21-23-13-19(29-21)15-6-3-2-4-7-15/h2-4,6-7,10-14H,5,8-9H2,1H3,(H,24,26)(H,25,27). The van der Waals surface area contributed by atoms with Crippen LogP contribution in [0.3, 0.4) is 0 Å². The molecule has 0 fully saturated rings. The maximum Gasteiger partial charge on any atom is 0.265 e. The summed E-state index contributed by atoms with van der Waals surface area (Å²) in [6, 6.07) is 14.9. The number of nitrogens with one attached hydrogen (secondary N) is 2. The summed E-state index contributed by atoms with van der Waals surface area (Å²) >= 11 is 0. The van der Waals surface area contributed by atoms with Crippen LogP contribution in [0, 0.1) is 0 Å². The highest BCUT2D eigenvalue weighted by Gasteiger charge is 2.23. The van der Waals surface area contributed by atoms with Crippen LogP contribution in [0.25, 0.3) is 11.3 Å². The number of aromatic nitrogens is 1. The minimum absolute atomic E-state index is 0.115. The van der Waals surface area contributed by atoms with Gasteiger partial charge in [-0.15, -0.1) is 0 Å². The number of carbonyl (C=O) groups excluding carboxylic acids is 2. The van der Waals surface area contributed by atoms with Crippen molar-refractivity contribution >= 4 is 23.2 Å². The molecule has 2 amide bonds. The molecule has 148 valence electrons. The molecule has 0 radical (unpaired) electrons. The molecule has 2 aromatic carbocycles. The van der Waals surface area contributed by atoms with E-state index in [4.69, 9.17) is 9.15 Å². The largest absolute Gasteiger partial charge is 0.479 e. The molecule has 2 heterocycles. The zero-order valence-electron chi connectivity index (χ0n) is 16.0. The van der Waals surface area contributed by atoms with Gasteiger partial charge in [-0.25, -0.2) is 4.98 Å². The third kappa shape index (κ3) is 4.45. The Balaban J connectivity index is 1.28. The van der Waals surface area contributed by atoms with E-state index in [2.05, 4.69) is 15.6 Å². The van der Waals surface area contributed by atoms with Crippen molar-refractivity contribution < 1.29 is 18.7 Å². The third-order valence-electron chi connectivity index (χ3n) is 4.60. The Kier molecular flexibility index (Phi) is 5.29. The lowest BCUT2D eigenvalue weighted by atomic mass is 10.2. The summed E-state index contributed by atoms with van der Waals surface area (Å²) in [7, 11) is 0. The van der Waals surface area contributed by atoms with Gasteiger partial charge < -0.3 is 19.8 Å². The molecular weight excluding hydrogens is 370 g/mol. The van der Waals surface area contributed by atoms with Crippen LogP contribution in [0.1, 0.15) is 25.7 Å². The van der Waals surface area contributed by atoms with Crippen LogP contribution >= 0.6 is 0 Å². The van der Waals surface area contributed by atoms with E-state index in [-0.39, 0.29) is 11.8 Å². The van der Waals surface area contributed by atoms with Gasteiger partial charge in [0.25, 0.3) is 5.91 Å². The van der Waals surface area contributed by atoms with Gasteiger partial charge in [0, 0.05) is 24.1 Å². The van der Waals surface area contributed by atoms with Crippen molar-refractivity contribution in [3.05, 3.63) is 60.6 Å². The van der Waals surface area contributed by atoms with Gasteiger partial charge in [-0.3, -0.25) is 9.59 Å². The van der Waals surface area contributed by atoms with Gasteiger partial charge in [0.2, 0.25) is 5.91 Å². The van der Waals surface area contributed by atoms with Crippen LogP contribution in [-0.2, 0) is 16.0 Å². The molecule has 3 aromatic rings. The molecule has 0 saturated heterocycles. The summed E-state index contributed by atoms with van der Waals surface area (Å²) in [5.74, 6) is 1.60. The number of fused-ring (bicyclic) bond motifs is 1. The van der Waals surface area contributed by atoms with Crippen molar-refractivity contribution in [1.29, 1.82) is 0 Å². The normalized spacial score (nSPS) is 15.2. The highest BCUT2D eigenvalue weighted by molar-refractivity contribution is 5.99. The number of nitrogens with zero attached hydrogens (tertiary/aromatic N) is 1. The number of benzene rings is 2. The summed E-state index contributed by atoms with van der Waals surface area (Å²) in [6.07, 6.45) is 2.70. The van der Waals surface area contributed by atoms with E-state index in [1.807, 2.05) is 30.3 Å². The van der Waals surface area contributed by atoms with Crippen LogP contribution in [-0.4, -0.2) is 22.9 Å². The van der Waals surface area contributed by atoms with Crippen molar-refractivity contribution in [2.45, 2.75) is 32.3 Å².